The maximum Gasteiger partial charge on any atom is 0.410 e. The number of carboxylic acid groups (broad SMARTS) is 1. The summed E-state index contributed by atoms with van der Waals surface area (Å²) in [5.74, 6) is -0.490. The number of nitrogens with zero attached hydrogens (tertiary/aromatic N) is 5. The highest BCUT2D eigenvalue weighted by molar-refractivity contribution is 5.70. The Labute approximate surface area is 205 Å². The van der Waals surface area contributed by atoms with Crippen LogP contribution in [0.2, 0.25) is 0 Å². The molecule has 2 aliphatic carbocycles. The molecule has 2 aromatic rings. The van der Waals surface area contributed by atoms with Gasteiger partial charge in [0.1, 0.15) is 23.2 Å². The molecule has 0 spiro atoms. The Bertz CT molecular complexity index is 1060. The molecule has 0 saturated heterocycles. The number of carboxylic acids is 1. The molecule has 10 heteroatoms. The van der Waals surface area contributed by atoms with Crippen LogP contribution in [0.15, 0.2) is 12.1 Å². The van der Waals surface area contributed by atoms with Crippen molar-refractivity contribution in [2.45, 2.75) is 83.5 Å². The first-order valence-electron chi connectivity index (χ1n) is 12.4. The number of carbonyl (C=O) groups excluding carboxylic acids is 1. The topological polar surface area (TPSA) is 120 Å². The molecule has 1 N–H and O–H groups in total. The SMILES string of the molecule is Cc1nc(-c2nnn(C)c2C(C)OC(=O)N(C)C2CCCC2)ccc1O[C@H]1CCC[C@H](C(=O)O)C1. The second-order valence-electron chi connectivity index (χ2n) is 9.74. The molecule has 2 aliphatic rings. The average Bonchev–Trinajstić information content (AvgIpc) is 3.50. The summed E-state index contributed by atoms with van der Waals surface area (Å²) < 4.78 is 13.5. The number of pyridine rings is 1. The summed E-state index contributed by atoms with van der Waals surface area (Å²) in [7, 11) is 3.56. The van der Waals surface area contributed by atoms with E-state index in [0.717, 1.165) is 38.5 Å². The fourth-order valence-corrected chi connectivity index (χ4v) is 5.19. The molecule has 2 aromatic heterocycles. The maximum absolute atomic E-state index is 12.7. The standard InChI is InChI=1S/C25H35N5O5/c1-15-21(35-19-11-7-8-17(14-19)24(31)32)13-12-20(26-15)22-23(30(4)28-27-22)16(2)34-25(33)29(3)18-9-5-6-10-18/h12-13,16-19H,5-11,14H2,1-4H3,(H,31,32)/t16?,17-,19-/m0/s1. The van der Waals surface area contributed by atoms with Crippen LogP contribution in [0.4, 0.5) is 4.79 Å². The van der Waals surface area contributed by atoms with Gasteiger partial charge in [-0.2, -0.15) is 0 Å². The van der Waals surface area contributed by atoms with Gasteiger partial charge in [0.15, 0.2) is 0 Å². The van der Waals surface area contributed by atoms with E-state index < -0.39 is 12.1 Å². The van der Waals surface area contributed by atoms with Crippen molar-refractivity contribution in [3.63, 3.8) is 0 Å². The molecule has 2 saturated carbocycles. The molecule has 1 unspecified atom stereocenters. The number of amides is 1. The number of ether oxygens (including phenoxy) is 2. The predicted octanol–water partition coefficient (Wildman–Crippen LogP) is 4.28. The zero-order valence-corrected chi connectivity index (χ0v) is 20.9. The Kier molecular flexibility index (Phi) is 7.57. The van der Waals surface area contributed by atoms with E-state index >= 15 is 0 Å². The van der Waals surface area contributed by atoms with E-state index in [4.69, 9.17) is 9.47 Å². The van der Waals surface area contributed by atoms with Crippen molar-refractivity contribution in [1.29, 1.82) is 0 Å². The van der Waals surface area contributed by atoms with Crippen molar-refractivity contribution in [2.24, 2.45) is 13.0 Å². The fourth-order valence-electron chi connectivity index (χ4n) is 5.19. The van der Waals surface area contributed by atoms with E-state index in [-0.39, 0.29) is 24.2 Å². The molecule has 0 aliphatic heterocycles. The van der Waals surface area contributed by atoms with Crippen molar-refractivity contribution in [3.05, 3.63) is 23.5 Å². The summed E-state index contributed by atoms with van der Waals surface area (Å²) in [5.41, 5.74) is 2.50. The van der Waals surface area contributed by atoms with Crippen LogP contribution in [-0.2, 0) is 16.6 Å². The normalized spacial score (nSPS) is 21.5. The van der Waals surface area contributed by atoms with E-state index in [1.54, 1.807) is 23.7 Å². The van der Waals surface area contributed by atoms with Gasteiger partial charge in [0.05, 0.1) is 23.4 Å². The van der Waals surface area contributed by atoms with Gasteiger partial charge in [-0.25, -0.2) is 14.5 Å². The Morgan fingerprint density at radius 3 is 2.60 bits per heavy atom. The largest absolute Gasteiger partial charge is 0.489 e. The predicted molar refractivity (Wildman–Crippen MR) is 128 cm³/mol. The first-order chi connectivity index (χ1) is 16.7. The van der Waals surface area contributed by atoms with Crippen molar-refractivity contribution >= 4 is 12.1 Å². The van der Waals surface area contributed by atoms with Crippen LogP contribution in [0, 0.1) is 12.8 Å². The maximum atomic E-state index is 12.7. The van der Waals surface area contributed by atoms with Gasteiger partial charge in [0.25, 0.3) is 0 Å². The number of aryl methyl sites for hydroxylation is 2. The molecule has 35 heavy (non-hydrogen) atoms. The molecule has 2 fully saturated rings. The van der Waals surface area contributed by atoms with Crippen molar-refractivity contribution in [3.8, 4) is 17.1 Å². The van der Waals surface area contributed by atoms with Gasteiger partial charge in [-0.05, 0) is 64.5 Å². The number of hydrogen-bond acceptors (Lipinski definition) is 7. The van der Waals surface area contributed by atoms with Crippen LogP contribution in [0.5, 0.6) is 5.75 Å². The van der Waals surface area contributed by atoms with Gasteiger partial charge in [0.2, 0.25) is 0 Å². The molecular weight excluding hydrogens is 450 g/mol. The lowest BCUT2D eigenvalue weighted by Crippen LogP contribution is -2.36. The second-order valence-corrected chi connectivity index (χ2v) is 9.74. The lowest BCUT2D eigenvalue weighted by atomic mass is 9.87. The van der Waals surface area contributed by atoms with Crippen LogP contribution in [-0.4, -0.2) is 61.2 Å². The van der Waals surface area contributed by atoms with Gasteiger partial charge >= 0.3 is 12.1 Å². The van der Waals surface area contributed by atoms with Gasteiger partial charge in [-0.3, -0.25) is 4.79 Å². The molecule has 0 bridgehead atoms. The second kappa shape index (κ2) is 10.6. The molecule has 1 amide bonds. The van der Waals surface area contributed by atoms with Crippen LogP contribution < -0.4 is 4.74 Å². The van der Waals surface area contributed by atoms with Gasteiger partial charge < -0.3 is 19.5 Å². The van der Waals surface area contributed by atoms with E-state index in [9.17, 15) is 14.7 Å². The molecule has 0 radical (unpaired) electrons. The minimum atomic E-state index is -0.761. The zero-order chi connectivity index (χ0) is 25.1. The highest BCUT2D eigenvalue weighted by Gasteiger charge is 2.30. The molecular formula is C25H35N5O5. The number of aromatic nitrogens is 4. The minimum Gasteiger partial charge on any atom is -0.489 e. The third kappa shape index (κ3) is 5.57. The number of carbonyl (C=O) groups is 2. The third-order valence-electron chi connectivity index (χ3n) is 7.24. The quantitative estimate of drug-likeness (QED) is 0.617. The smallest absolute Gasteiger partial charge is 0.410 e. The summed E-state index contributed by atoms with van der Waals surface area (Å²) in [4.78, 5) is 30.5. The Morgan fingerprint density at radius 1 is 1.17 bits per heavy atom. The van der Waals surface area contributed by atoms with Gasteiger partial charge in [0, 0.05) is 20.1 Å². The number of rotatable bonds is 7. The van der Waals surface area contributed by atoms with Crippen molar-refractivity contribution in [2.75, 3.05) is 7.05 Å². The van der Waals surface area contributed by atoms with E-state index in [1.165, 1.54) is 0 Å². The van der Waals surface area contributed by atoms with Gasteiger partial charge in [-0.1, -0.05) is 18.1 Å². The van der Waals surface area contributed by atoms with Crippen molar-refractivity contribution in [1.82, 2.24) is 24.9 Å². The summed E-state index contributed by atoms with van der Waals surface area (Å²) in [6, 6.07) is 3.88. The molecule has 2 heterocycles. The molecule has 0 aromatic carbocycles. The molecule has 4 rings (SSSR count). The fraction of sp³-hybridized carbons (Fsp3) is 0.640. The lowest BCUT2D eigenvalue weighted by Gasteiger charge is -2.27. The third-order valence-corrected chi connectivity index (χ3v) is 7.24. The van der Waals surface area contributed by atoms with Crippen molar-refractivity contribution < 1.29 is 24.2 Å². The van der Waals surface area contributed by atoms with Gasteiger partial charge in [-0.15, -0.1) is 5.10 Å². The first-order valence-corrected chi connectivity index (χ1v) is 12.4. The summed E-state index contributed by atoms with van der Waals surface area (Å²) in [6.07, 6.45) is 6.11. The molecule has 3 atom stereocenters. The highest BCUT2D eigenvalue weighted by atomic mass is 16.6. The molecule has 10 nitrogen and oxygen atoms in total. The Morgan fingerprint density at radius 2 is 1.91 bits per heavy atom. The lowest BCUT2D eigenvalue weighted by molar-refractivity contribution is -0.143. The van der Waals surface area contributed by atoms with Crippen LogP contribution >= 0.6 is 0 Å². The monoisotopic (exact) mass is 485 g/mol. The van der Waals surface area contributed by atoms with Crippen LogP contribution in [0.1, 0.15) is 75.8 Å². The van der Waals surface area contributed by atoms with E-state index in [1.807, 2.05) is 26.0 Å². The minimum absolute atomic E-state index is 0.139. The molecule has 190 valence electrons. The van der Waals surface area contributed by atoms with Crippen LogP contribution in [0.3, 0.4) is 0 Å². The highest BCUT2D eigenvalue weighted by Crippen LogP contribution is 2.32. The average molecular weight is 486 g/mol. The Hall–Kier alpha value is -3.17. The summed E-state index contributed by atoms with van der Waals surface area (Å²) >= 11 is 0. The zero-order valence-electron chi connectivity index (χ0n) is 20.9. The van der Waals surface area contributed by atoms with E-state index in [0.29, 0.717) is 41.4 Å². The first kappa shape index (κ1) is 24.9. The van der Waals surface area contributed by atoms with E-state index in [2.05, 4.69) is 15.3 Å². The number of hydrogen-bond donors (Lipinski definition) is 1. The summed E-state index contributed by atoms with van der Waals surface area (Å²) in [6.45, 7) is 3.67. The number of aliphatic carboxylic acids is 1. The van der Waals surface area contributed by atoms with Crippen LogP contribution in [0.25, 0.3) is 11.4 Å². The Balaban J connectivity index is 1.47. The summed E-state index contributed by atoms with van der Waals surface area (Å²) in [5, 5.41) is 17.8.